The van der Waals surface area contributed by atoms with Crippen LogP contribution < -0.4 is 0 Å². The summed E-state index contributed by atoms with van der Waals surface area (Å²) in [5.74, 6) is 1.01. The van der Waals surface area contributed by atoms with E-state index in [1.807, 2.05) is 4.90 Å². The topological polar surface area (TPSA) is 63.5 Å². The minimum absolute atomic E-state index is 0.00248. The van der Waals surface area contributed by atoms with Crippen molar-refractivity contribution in [3.63, 3.8) is 0 Å². The van der Waals surface area contributed by atoms with Crippen molar-refractivity contribution in [2.75, 3.05) is 20.2 Å². The number of carbonyl (C=O) groups excluding carboxylic acids is 1. The van der Waals surface area contributed by atoms with Gasteiger partial charge in [0.1, 0.15) is 6.10 Å². The van der Waals surface area contributed by atoms with E-state index in [1.165, 1.54) is 0 Å². The first-order chi connectivity index (χ1) is 14.1. The van der Waals surface area contributed by atoms with Crippen molar-refractivity contribution >= 4 is 17.7 Å². The third-order valence-electron chi connectivity index (χ3n) is 7.92. The number of piperidine rings is 1. The maximum absolute atomic E-state index is 13.2. The molecule has 1 amide bonds. The zero-order valence-electron chi connectivity index (χ0n) is 21.8. The predicted octanol–water partition coefficient (Wildman–Crippen LogP) is 6.15. The molecule has 0 saturated carbocycles. The summed E-state index contributed by atoms with van der Waals surface area (Å²) in [6, 6.07) is 0. The Morgan fingerprint density at radius 3 is 2.06 bits per heavy atom. The molecule has 6 nitrogen and oxygen atoms in total. The van der Waals surface area contributed by atoms with Gasteiger partial charge in [-0.05, 0) is 37.0 Å². The Morgan fingerprint density at radius 1 is 1.10 bits per heavy atom. The Labute approximate surface area is 189 Å². The normalized spacial score (nSPS) is 24.5. The number of likely N-dealkylation sites (tertiary alicyclic amines) is 1. The van der Waals surface area contributed by atoms with E-state index >= 15 is 0 Å². The molecular weight excluding hydrogens is 390 g/mol. The summed E-state index contributed by atoms with van der Waals surface area (Å²) < 4.78 is 11.7. The first kappa shape index (κ1) is 25.7. The lowest BCUT2D eigenvalue weighted by Gasteiger charge is -2.49. The van der Waals surface area contributed by atoms with Crippen LogP contribution in [-0.4, -0.2) is 48.9 Å². The maximum atomic E-state index is 13.2. The molecule has 178 valence electrons. The minimum atomic E-state index is -0.240. The number of rotatable bonds is 4. The summed E-state index contributed by atoms with van der Waals surface area (Å²) in [6.45, 7) is 23.2. The van der Waals surface area contributed by atoms with E-state index in [1.54, 1.807) is 7.11 Å². The highest BCUT2D eigenvalue weighted by Crippen LogP contribution is 2.48. The summed E-state index contributed by atoms with van der Waals surface area (Å²) in [5.41, 5.74) is 0.536. The molecule has 0 radical (unpaired) electrons. The molecule has 0 aliphatic carbocycles. The van der Waals surface area contributed by atoms with Crippen LogP contribution in [0.2, 0.25) is 0 Å². The Bertz CT molecular complexity index is 719. The van der Waals surface area contributed by atoms with Gasteiger partial charge in [-0.1, -0.05) is 62.3 Å². The van der Waals surface area contributed by atoms with Crippen LogP contribution in [-0.2, 0) is 9.47 Å². The highest BCUT2D eigenvalue weighted by Gasteiger charge is 2.49. The van der Waals surface area contributed by atoms with Gasteiger partial charge in [0.2, 0.25) is 5.90 Å². The zero-order valence-corrected chi connectivity index (χ0v) is 21.8. The maximum Gasteiger partial charge on any atom is 0.410 e. The van der Waals surface area contributed by atoms with Gasteiger partial charge in [0.15, 0.2) is 0 Å². The van der Waals surface area contributed by atoms with Crippen molar-refractivity contribution in [2.24, 2.45) is 37.8 Å². The van der Waals surface area contributed by atoms with Crippen molar-refractivity contribution in [3.05, 3.63) is 0 Å². The highest BCUT2D eigenvalue weighted by atomic mass is 16.6. The molecule has 2 aliphatic heterocycles. The molecule has 1 saturated heterocycles. The molecular formula is C25H45N3O3. The largest absolute Gasteiger partial charge is 0.482 e. The van der Waals surface area contributed by atoms with Crippen LogP contribution in [0.4, 0.5) is 4.79 Å². The van der Waals surface area contributed by atoms with Crippen LogP contribution in [0.5, 0.6) is 0 Å². The first-order valence-corrected chi connectivity index (χ1v) is 11.8. The van der Waals surface area contributed by atoms with Gasteiger partial charge in [0, 0.05) is 24.4 Å². The number of hydrogen-bond donors (Lipinski definition) is 0. The molecule has 1 fully saturated rings. The molecule has 0 aromatic heterocycles. The van der Waals surface area contributed by atoms with Gasteiger partial charge in [0.25, 0.3) is 0 Å². The van der Waals surface area contributed by atoms with Gasteiger partial charge >= 0.3 is 6.09 Å². The van der Waals surface area contributed by atoms with Gasteiger partial charge in [-0.15, -0.1) is 5.10 Å². The predicted molar refractivity (Wildman–Crippen MR) is 128 cm³/mol. The van der Waals surface area contributed by atoms with Crippen LogP contribution >= 0.6 is 0 Å². The van der Waals surface area contributed by atoms with Crippen molar-refractivity contribution in [3.8, 4) is 0 Å². The van der Waals surface area contributed by atoms with Crippen molar-refractivity contribution in [1.29, 1.82) is 0 Å². The van der Waals surface area contributed by atoms with Gasteiger partial charge in [-0.3, -0.25) is 0 Å². The summed E-state index contributed by atoms with van der Waals surface area (Å²) in [7, 11) is 1.66. The standard InChI is InChI=1S/C25H45N3O3/c1-12-25(10)18(26-27-20(25)30-11)17-13-15-28(16-14-17)21(29)31-19(22(2,3)4)24(8,9)23(5,6)7/h17,19H,12-16H2,1-11H3. The molecule has 2 aliphatic rings. The highest BCUT2D eigenvalue weighted by molar-refractivity contribution is 6.12. The monoisotopic (exact) mass is 435 g/mol. The lowest BCUT2D eigenvalue weighted by atomic mass is 9.60. The smallest absolute Gasteiger partial charge is 0.410 e. The third-order valence-corrected chi connectivity index (χ3v) is 7.92. The first-order valence-electron chi connectivity index (χ1n) is 11.8. The van der Waals surface area contributed by atoms with Crippen molar-refractivity contribution in [2.45, 2.75) is 94.6 Å². The number of nitrogens with zero attached hydrogens (tertiary/aromatic N) is 3. The van der Waals surface area contributed by atoms with E-state index in [0.717, 1.165) is 25.0 Å². The number of methoxy groups -OCH3 is 1. The number of hydrogen-bond acceptors (Lipinski definition) is 5. The van der Waals surface area contributed by atoms with Crippen LogP contribution in [0.3, 0.4) is 0 Å². The van der Waals surface area contributed by atoms with Gasteiger partial charge < -0.3 is 14.4 Å². The molecule has 2 heterocycles. The van der Waals surface area contributed by atoms with Gasteiger partial charge in [0.05, 0.1) is 18.2 Å². The second-order valence-corrected chi connectivity index (χ2v) is 12.1. The Morgan fingerprint density at radius 2 is 1.65 bits per heavy atom. The molecule has 2 unspecified atom stereocenters. The molecule has 2 atom stereocenters. The molecule has 0 N–H and O–H groups in total. The average molecular weight is 436 g/mol. The summed E-state index contributed by atoms with van der Waals surface area (Å²) in [6.07, 6.45) is 2.26. The van der Waals surface area contributed by atoms with E-state index in [2.05, 4.69) is 79.4 Å². The summed E-state index contributed by atoms with van der Waals surface area (Å²) in [4.78, 5) is 15.0. The molecule has 0 bridgehead atoms. The van der Waals surface area contributed by atoms with E-state index < -0.39 is 0 Å². The molecule has 2 rings (SSSR count). The lowest BCUT2D eigenvalue weighted by molar-refractivity contribution is -0.100. The van der Waals surface area contributed by atoms with Crippen molar-refractivity contribution in [1.82, 2.24) is 4.90 Å². The second-order valence-electron chi connectivity index (χ2n) is 12.1. The van der Waals surface area contributed by atoms with E-state index in [4.69, 9.17) is 9.47 Å². The van der Waals surface area contributed by atoms with E-state index in [-0.39, 0.29) is 33.9 Å². The summed E-state index contributed by atoms with van der Waals surface area (Å²) >= 11 is 0. The number of amides is 1. The van der Waals surface area contributed by atoms with Gasteiger partial charge in [-0.25, -0.2) is 4.79 Å². The molecule has 0 spiro atoms. The quantitative estimate of drug-likeness (QED) is 0.532. The molecule has 31 heavy (non-hydrogen) atoms. The molecule has 0 aromatic rings. The van der Waals surface area contributed by atoms with Crippen LogP contribution in [0, 0.1) is 27.6 Å². The summed E-state index contributed by atoms with van der Waals surface area (Å²) in [5, 5.41) is 8.77. The minimum Gasteiger partial charge on any atom is -0.482 e. The Balaban J connectivity index is 2.07. The fourth-order valence-corrected chi connectivity index (χ4v) is 4.87. The number of ether oxygens (including phenoxy) is 2. The lowest BCUT2D eigenvalue weighted by Crippen LogP contribution is -2.52. The SMILES string of the molecule is CCC1(C)C(OC)=NN=C1C1CCN(C(=O)OC(C(C)(C)C)C(C)(C)C(C)(C)C)CC1. The van der Waals surface area contributed by atoms with Crippen LogP contribution in [0.15, 0.2) is 10.2 Å². The fourth-order valence-electron chi connectivity index (χ4n) is 4.87. The number of carbonyl (C=O) groups is 1. The van der Waals surface area contributed by atoms with Crippen molar-refractivity contribution < 1.29 is 14.3 Å². The van der Waals surface area contributed by atoms with Crippen LogP contribution in [0.25, 0.3) is 0 Å². The molecule has 6 heteroatoms. The van der Waals surface area contributed by atoms with Gasteiger partial charge in [-0.2, -0.15) is 5.10 Å². The fraction of sp³-hybridized carbons (Fsp3) is 0.880. The zero-order chi connectivity index (χ0) is 23.8. The average Bonchev–Trinajstić information content (AvgIpc) is 3.00. The molecule has 0 aromatic carbocycles. The van der Waals surface area contributed by atoms with Crippen LogP contribution in [0.1, 0.15) is 88.5 Å². The Hall–Kier alpha value is -1.59. The van der Waals surface area contributed by atoms with E-state index in [9.17, 15) is 4.79 Å². The second kappa shape index (κ2) is 8.74. The Kier molecular flexibility index (Phi) is 7.24. The van der Waals surface area contributed by atoms with E-state index in [0.29, 0.717) is 24.9 Å². The third kappa shape index (κ3) is 4.93.